The summed E-state index contributed by atoms with van der Waals surface area (Å²) in [4.78, 5) is 38.9. The van der Waals surface area contributed by atoms with Gasteiger partial charge in [0.25, 0.3) is 5.91 Å². The first-order valence-corrected chi connectivity index (χ1v) is 10.8. The van der Waals surface area contributed by atoms with Gasteiger partial charge in [-0.2, -0.15) is 0 Å². The Kier molecular flexibility index (Phi) is 6.27. The van der Waals surface area contributed by atoms with Gasteiger partial charge in [-0.25, -0.2) is 9.18 Å². The van der Waals surface area contributed by atoms with E-state index in [9.17, 15) is 18.8 Å². The number of carbonyl (C=O) groups is 3. The van der Waals surface area contributed by atoms with Crippen LogP contribution in [0.3, 0.4) is 0 Å². The molecule has 2 amide bonds. The van der Waals surface area contributed by atoms with E-state index in [0.29, 0.717) is 36.0 Å². The molecule has 0 spiro atoms. The van der Waals surface area contributed by atoms with Crippen LogP contribution in [0.2, 0.25) is 0 Å². The van der Waals surface area contributed by atoms with Crippen molar-refractivity contribution in [3.8, 4) is 0 Å². The van der Waals surface area contributed by atoms with Crippen molar-refractivity contribution < 1.29 is 23.5 Å². The molecule has 1 aliphatic rings. The first-order valence-electron chi connectivity index (χ1n) is 10.00. The Morgan fingerprint density at radius 3 is 2.52 bits per heavy atom. The summed E-state index contributed by atoms with van der Waals surface area (Å²) in [5.74, 6) is -1.57. The van der Waals surface area contributed by atoms with Crippen molar-refractivity contribution in [1.82, 2.24) is 4.90 Å². The van der Waals surface area contributed by atoms with Crippen LogP contribution in [0.5, 0.6) is 0 Å². The number of piperidine rings is 1. The average Bonchev–Trinajstić information content (AvgIpc) is 3.24. The number of para-hydroxylation sites is 1. The Morgan fingerprint density at radius 1 is 1.06 bits per heavy atom. The van der Waals surface area contributed by atoms with Crippen LogP contribution in [-0.4, -0.2) is 42.4 Å². The zero-order valence-electron chi connectivity index (χ0n) is 16.7. The number of anilines is 1. The molecule has 6 nitrogen and oxygen atoms in total. The van der Waals surface area contributed by atoms with Crippen molar-refractivity contribution in [3.05, 3.63) is 65.3 Å². The Bertz CT molecular complexity index is 1110. The normalized spacial score (nSPS) is 14.4. The standard InChI is InChI=1S/C23H21FN2O4S/c24-18-7-4-8-19-17(18)13-20(31-19)23(29)30-14-21(27)26-11-9-15(10-12-26)22(28)25-16-5-2-1-3-6-16/h1-8,13,15H,9-12,14H2,(H,25,28). The van der Waals surface area contributed by atoms with Gasteiger partial charge in [-0.3, -0.25) is 9.59 Å². The third-order valence-electron chi connectivity index (χ3n) is 5.30. The largest absolute Gasteiger partial charge is 0.451 e. The number of hydrogen-bond donors (Lipinski definition) is 1. The summed E-state index contributed by atoms with van der Waals surface area (Å²) >= 11 is 1.13. The number of rotatable bonds is 5. The summed E-state index contributed by atoms with van der Waals surface area (Å²) in [7, 11) is 0. The van der Waals surface area contributed by atoms with E-state index in [2.05, 4.69) is 5.32 Å². The Hall–Kier alpha value is -3.26. The zero-order chi connectivity index (χ0) is 21.8. The van der Waals surface area contributed by atoms with E-state index in [0.717, 1.165) is 17.0 Å². The second-order valence-electron chi connectivity index (χ2n) is 7.35. The predicted molar refractivity (Wildman–Crippen MR) is 116 cm³/mol. The molecule has 2 aromatic carbocycles. The number of ether oxygens (including phenoxy) is 1. The molecule has 1 aliphatic heterocycles. The number of amides is 2. The maximum atomic E-state index is 13.8. The number of carbonyl (C=O) groups excluding carboxylic acids is 3. The summed E-state index contributed by atoms with van der Waals surface area (Å²) in [5.41, 5.74) is 0.749. The minimum absolute atomic E-state index is 0.0540. The molecule has 1 saturated heterocycles. The second-order valence-corrected chi connectivity index (χ2v) is 8.43. The Balaban J connectivity index is 1.25. The van der Waals surface area contributed by atoms with Crippen LogP contribution < -0.4 is 5.32 Å². The molecule has 0 aliphatic carbocycles. The summed E-state index contributed by atoms with van der Waals surface area (Å²) < 4.78 is 19.6. The lowest BCUT2D eigenvalue weighted by Gasteiger charge is -2.31. The highest BCUT2D eigenvalue weighted by molar-refractivity contribution is 7.20. The average molecular weight is 440 g/mol. The second kappa shape index (κ2) is 9.26. The van der Waals surface area contributed by atoms with Gasteiger partial charge in [0.1, 0.15) is 10.7 Å². The van der Waals surface area contributed by atoms with Gasteiger partial charge < -0.3 is 15.0 Å². The molecule has 0 bridgehead atoms. The maximum Gasteiger partial charge on any atom is 0.348 e. The highest BCUT2D eigenvalue weighted by Crippen LogP contribution is 2.28. The smallest absolute Gasteiger partial charge is 0.348 e. The number of fused-ring (bicyclic) bond motifs is 1. The minimum Gasteiger partial charge on any atom is -0.451 e. The van der Waals surface area contributed by atoms with E-state index in [-0.39, 0.29) is 29.2 Å². The molecule has 0 atom stereocenters. The molecular weight excluding hydrogens is 419 g/mol. The van der Waals surface area contributed by atoms with Gasteiger partial charge in [-0.05, 0) is 43.2 Å². The van der Waals surface area contributed by atoms with Gasteiger partial charge >= 0.3 is 5.97 Å². The summed E-state index contributed by atoms with van der Waals surface area (Å²) in [5, 5.41) is 3.25. The van der Waals surface area contributed by atoms with E-state index in [1.54, 1.807) is 17.0 Å². The molecule has 0 radical (unpaired) electrons. The van der Waals surface area contributed by atoms with Crippen molar-refractivity contribution in [2.45, 2.75) is 12.8 Å². The molecule has 2 heterocycles. The van der Waals surface area contributed by atoms with Crippen molar-refractivity contribution >= 4 is 44.9 Å². The molecule has 1 N–H and O–H groups in total. The van der Waals surface area contributed by atoms with E-state index in [4.69, 9.17) is 4.74 Å². The van der Waals surface area contributed by atoms with E-state index < -0.39 is 11.8 Å². The number of nitrogens with one attached hydrogen (secondary N) is 1. The van der Waals surface area contributed by atoms with Gasteiger partial charge in [0.15, 0.2) is 6.61 Å². The van der Waals surface area contributed by atoms with Crippen LogP contribution >= 0.6 is 11.3 Å². The number of halogens is 1. The van der Waals surface area contributed by atoms with Gasteiger partial charge in [-0.1, -0.05) is 24.3 Å². The Labute approximate surface area is 182 Å². The van der Waals surface area contributed by atoms with E-state index in [1.807, 2.05) is 30.3 Å². The van der Waals surface area contributed by atoms with Crippen LogP contribution in [0.25, 0.3) is 10.1 Å². The first-order chi connectivity index (χ1) is 15.0. The molecular formula is C23H21FN2O4S. The molecule has 31 heavy (non-hydrogen) atoms. The lowest BCUT2D eigenvalue weighted by molar-refractivity contribution is -0.137. The minimum atomic E-state index is -0.647. The van der Waals surface area contributed by atoms with Crippen LogP contribution in [0.1, 0.15) is 22.5 Å². The van der Waals surface area contributed by atoms with Crippen LogP contribution in [0.4, 0.5) is 10.1 Å². The van der Waals surface area contributed by atoms with Crippen molar-refractivity contribution in [1.29, 1.82) is 0 Å². The first kappa shape index (κ1) is 21.0. The SMILES string of the molecule is O=C(OCC(=O)N1CCC(C(=O)Nc2ccccc2)CC1)c1cc2c(F)cccc2s1. The number of hydrogen-bond acceptors (Lipinski definition) is 5. The van der Waals surface area contributed by atoms with E-state index in [1.165, 1.54) is 12.1 Å². The lowest BCUT2D eigenvalue weighted by Crippen LogP contribution is -2.43. The number of likely N-dealkylation sites (tertiary alicyclic amines) is 1. The molecule has 3 aromatic rings. The summed E-state index contributed by atoms with van der Waals surface area (Å²) in [6, 6.07) is 15.3. The summed E-state index contributed by atoms with van der Waals surface area (Å²) in [6.07, 6.45) is 1.10. The fourth-order valence-electron chi connectivity index (χ4n) is 3.57. The molecule has 1 aromatic heterocycles. The highest BCUT2D eigenvalue weighted by atomic mass is 32.1. The van der Waals surface area contributed by atoms with Crippen LogP contribution in [0.15, 0.2) is 54.6 Å². The molecule has 0 saturated carbocycles. The van der Waals surface area contributed by atoms with Crippen LogP contribution in [-0.2, 0) is 14.3 Å². The maximum absolute atomic E-state index is 13.8. The van der Waals surface area contributed by atoms with Gasteiger partial charge in [0, 0.05) is 34.8 Å². The van der Waals surface area contributed by atoms with E-state index >= 15 is 0 Å². The molecule has 4 rings (SSSR count). The quantitative estimate of drug-likeness (QED) is 0.607. The molecule has 8 heteroatoms. The molecule has 1 fully saturated rings. The number of esters is 1. The lowest BCUT2D eigenvalue weighted by atomic mass is 9.95. The van der Waals surface area contributed by atoms with Crippen LogP contribution in [0, 0.1) is 11.7 Å². The summed E-state index contributed by atoms with van der Waals surface area (Å²) in [6.45, 7) is 0.477. The van der Waals surface area contributed by atoms with Crippen molar-refractivity contribution in [2.75, 3.05) is 25.0 Å². The third-order valence-corrected chi connectivity index (χ3v) is 6.38. The van der Waals surface area contributed by atoms with Gasteiger partial charge in [0.2, 0.25) is 5.91 Å². The monoisotopic (exact) mass is 440 g/mol. The fourth-order valence-corrected chi connectivity index (χ4v) is 4.54. The van der Waals surface area contributed by atoms with Crippen molar-refractivity contribution in [2.24, 2.45) is 5.92 Å². The molecule has 0 unspecified atom stereocenters. The molecule has 160 valence electrons. The fraction of sp³-hybridized carbons (Fsp3) is 0.261. The third kappa shape index (κ3) is 4.91. The number of nitrogens with zero attached hydrogens (tertiary/aromatic N) is 1. The number of benzene rings is 2. The zero-order valence-corrected chi connectivity index (χ0v) is 17.5. The highest BCUT2D eigenvalue weighted by Gasteiger charge is 2.28. The van der Waals surface area contributed by atoms with Gasteiger partial charge in [0.05, 0.1) is 0 Å². The Morgan fingerprint density at radius 2 is 1.81 bits per heavy atom. The number of thiophene rings is 1. The topological polar surface area (TPSA) is 75.7 Å². The predicted octanol–water partition coefficient (Wildman–Crippen LogP) is 4.07. The van der Waals surface area contributed by atoms with Gasteiger partial charge in [-0.15, -0.1) is 11.3 Å². The van der Waals surface area contributed by atoms with Crippen molar-refractivity contribution in [3.63, 3.8) is 0 Å².